The van der Waals surface area contributed by atoms with E-state index in [4.69, 9.17) is 16.1 Å². The molecule has 1 aromatic rings. The number of nitrogens with one attached hydrogen (secondary N) is 1. The van der Waals surface area contributed by atoms with Gasteiger partial charge in [0, 0.05) is 6.54 Å². The van der Waals surface area contributed by atoms with Gasteiger partial charge in [0.05, 0.1) is 16.9 Å². The van der Waals surface area contributed by atoms with Crippen LogP contribution in [0.4, 0.5) is 11.4 Å². The van der Waals surface area contributed by atoms with Crippen molar-refractivity contribution in [2.24, 2.45) is 0 Å². The Morgan fingerprint density at radius 1 is 1.47 bits per heavy atom. The molecule has 6 heteroatoms. The number of hydrogen-bond acceptors (Lipinski definition) is 5. The van der Waals surface area contributed by atoms with Crippen molar-refractivity contribution in [3.63, 3.8) is 0 Å². The molecule has 1 rings (SSSR count). The van der Waals surface area contributed by atoms with Gasteiger partial charge in [-0.3, -0.25) is 9.59 Å². The summed E-state index contributed by atoms with van der Waals surface area (Å²) >= 11 is 0. The molecule has 0 unspecified atom stereocenters. The van der Waals surface area contributed by atoms with Crippen molar-refractivity contribution >= 4 is 23.1 Å². The van der Waals surface area contributed by atoms with E-state index in [9.17, 15) is 9.59 Å². The number of carbonyl (C=O) groups excluding carboxylic acids is 1. The Labute approximate surface area is 111 Å². The van der Waals surface area contributed by atoms with Crippen LogP contribution in [0.1, 0.15) is 25.8 Å². The van der Waals surface area contributed by atoms with Crippen molar-refractivity contribution in [1.82, 2.24) is 0 Å². The minimum absolute atomic E-state index is 0.312. The molecule has 0 aliphatic rings. The van der Waals surface area contributed by atoms with Crippen molar-refractivity contribution in [2.45, 2.75) is 20.3 Å². The number of hydrogen-bond donors (Lipinski definition) is 3. The number of nitriles is 1. The summed E-state index contributed by atoms with van der Waals surface area (Å²) in [5.74, 6) is -1.37. The number of nitrogen functional groups attached to an aromatic ring is 1. The summed E-state index contributed by atoms with van der Waals surface area (Å²) in [5, 5.41) is 19.7. The summed E-state index contributed by atoms with van der Waals surface area (Å²) in [4.78, 5) is 19.5. The number of rotatable bonds is 4. The number of carbonyl (C=O) groups is 2. The van der Waals surface area contributed by atoms with Gasteiger partial charge >= 0.3 is 5.97 Å². The van der Waals surface area contributed by atoms with Crippen LogP contribution < -0.4 is 11.1 Å². The molecule has 0 aliphatic carbocycles. The fourth-order valence-electron chi connectivity index (χ4n) is 1.25. The average molecular weight is 263 g/mol. The van der Waals surface area contributed by atoms with Crippen LogP contribution in [-0.4, -0.2) is 23.4 Å². The van der Waals surface area contributed by atoms with Gasteiger partial charge in [0.2, 0.25) is 0 Å². The summed E-state index contributed by atoms with van der Waals surface area (Å²) < 4.78 is 0. The van der Waals surface area contributed by atoms with Crippen LogP contribution in [0, 0.1) is 11.3 Å². The highest BCUT2D eigenvalue weighted by Gasteiger charge is 2.02. The van der Waals surface area contributed by atoms with E-state index in [0.717, 1.165) is 12.2 Å². The molecule has 6 nitrogen and oxygen atoms in total. The Bertz CT molecular complexity index is 480. The topological polar surface area (TPSA) is 116 Å². The number of Topliss-reactive ketones (excluding diaryl/α,β-unsaturated/α-hetero) is 1. The van der Waals surface area contributed by atoms with Crippen LogP contribution in [0.3, 0.4) is 0 Å². The maximum atomic E-state index is 9.87. The van der Waals surface area contributed by atoms with E-state index in [1.807, 2.05) is 19.1 Å². The Balaban J connectivity index is 0.000000399. The fourth-order valence-corrected chi connectivity index (χ4v) is 1.25. The summed E-state index contributed by atoms with van der Waals surface area (Å²) in [6.45, 7) is 4.01. The normalized spacial score (nSPS) is 8.68. The summed E-state index contributed by atoms with van der Waals surface area (Å²) in [6.07, 6.45) is -0.361. The van der Waals surface area contributed by atoms with Gasteiger partial charge in [-0.15, -0.1) is 0 Å². The molecule has 0 aromatic heterocycles. The first-order valence-electron chi connectivity index (χ1n) is 5.66. The summed E-state index contributed by atoms with van der Waals surface area (Å²) in [5.41, 5.74) is 7.46. The second-order valence-corrected chi connectivity index (χ2v) is 3.68. The summed E-state index contributed by atoms with van der Waals surface area (Å²) in [6, 6.07) is 7.46. The van der Waals surface area contributed by atoms with Gasteiger partial charge in [-0.1, -0.05) is 6.07 Å². The molecule has 0 amide bonds. The van der Waals surface area contributed by atoms with E-state index in [-0.39, 0.29) is 12.2 Å². The number of carboxylic acids is 1. The van der Waals surface area contributed by atoms with Crippen LogP contribution in [0.25, 0.3) is 0 Å². The molecule has 102 valence electrons. The number of nitrogens with zero attached hydrogens (tertiary/aromatic N) is 1. The number of ketones is 1. The van der Waals surface area contributed by atoms with Gasteiger partial charge in [-0.2, -0.15) is 5.26 Å². The van der Waals surface area contributed by atoms with Crippen molar-refractivity contribution < 1.29 is 14.7 Å². The second-order valence-electron chi connectivity index (χ2n) is 3.68. The molecule has 0 heterocycles. The molecule has 0 atom stereocenters. The van der Waals surface area contributed by atoms with Crippen LogP contribution in [0.5, 0.6) is 0 Å². The van der Waals surface area contributed by atoms with Crippen LogP contribution in [0.2, 0.25) is 0 Å². The Hall–Kier alpha value is -2.55. The van der Waals surface area contributed by atoms with Crippen molar-refractivity contribution in [3.8, 4) is 6.07 Å². The number of nitrogens with two attached hydrogens (primary N) is 1. The third-order valence-electron chi connectivity index (χ3n) is 1.98. The molecule has 0 fully saturated rings. The number of benzene rings is 1. The molecule has 19 heavy (non-hydrogen) atoms. The lowest BCUT2D eigenvalue weighted by Crippen LogP contribution is -2.01. The highest BCUT2D eigenvalue weighted by Crippen LogP contribution is 2.20. The molecule has 4 N–H and O–H groups in total. The van der Waals surface area contributed by atoms with E-state index < -0.39 is 5.97 Å². The maximum absolute atomic E-state index is 9.87. The zero-order valence-electron chi connectivity index (χ0n) is 10.9. The zero-order chi connectivity index (χ0) is 14.8. The van der Waals surface area contributed by atoms with E-state index in [2.05, 4.69) is 11.4 Å². The highest BCUT2D eigenvalue weighted by atomic mass is 16.4. The molecule has 0 radical (unpaired) electrons. The predicted molar refractivity (Wildman–Crippen MR) is 72.7 cm³/mol. The van der Waals surface area contributed by atoms with Gasteiger partial charge in [0.1, 0.15) is 18.3 Å². The number of carboxylic acid groups (broad SMARTS) is 1. The van der Waals surface area contributed by atoms with Crippen LogP contribution >= 0.6 is 0 Å². The standard InChI is InChI=1S/C9H11N3.C4H6O3/c1-2-12-9-5-3-4-8(11)7(9)6-10;1-3(5)2-4(6)7/h3-5,12H,2,11H2,1H3;2H2,1H3,(H,6,7). The lowest BCUT2D eigenvalue weighted by Gasteiger charge is -2.06. The predicted octanol–water partition coefficient (Wildman–Crippen LogP) is 1.62. The smallest absolute Gasteiger partial charge is 0.310 e. The van der Waals surface area contributed by atoms with Crippen molar-refractivity contribution in [3.05, 3.63) is 23.8 Å². The Kier molecular flexibility index (Phi) is 7.38. The molecule has 1 aromatic carbocycles. The number of aliphatic carboxylic acids is 1. The quantitative estimate of drug-likeness (QED) is 0.561. The first-order chi connectivity index (χ1) is 8.92. The highest BCUT2D eigenvalue weighted by molar-refractivity contribution is 5.93. The fraction of sp³-hybridized carbons (Fsp3) is 0.308. The summed E-state index contributed by atoms with van der Waals surface area (Å²) in [7, 11) is 0. The van der Waals surface area contributed by atoms with Gasteiger partial charge in [-0.05, 0) is 26.0 Å². The van der Waals surface area contributed by atoms with Crippen LogP contribution in [-0.2, 0) is 9.59 Å². The van der Waals surface area contributed by atoms with Crippen LogP contribution in [0.15, 0.2) is 18.2 Å². The van der Waals surface area contributed by atoms with Crippen molar-refractivity contribution in [2.75, 3.05) is 17.6 Å². The molecule has 0 aliphatic heterocycles. The first kappa shape index (κ1) is 16.4. The van der Waals surface area contributed by atoms with E-state index >= 15 is 0 Å². The monoisotopic (exact) mass is 263 g/mol. The Morgan fingerprint density at radius 3 is 2.47 bits per heavy atom. The molecule has 0 saturated carbocycles. The van der Waals surface area contributed by atoms with Gasteiger partial charge in [0.25, 0.3) is 0 Å². The van der Waals surface area contributed by atoms with Gasteiger partial charge < -0.3 is 16.2 Å². The molecular weight excluding hydrogens is 246 g/mol. The van der Waals surface area contributed by atoms with E-state index in [1.54, 1.807) is 6.07 Å². The van der Waals surface area contributed by atoms with E-state index in [1.165, 1.54) is 6.92 Å². The third-order valence-corrected chi connectivity index (χ3v) is 1.98. The lowest BCUT2D eigenvalue weighted by molar-refractivity contribution is -0.139. The van der Waals surface area contributed by atoms with Gasteiger partial charge in [0.15, 0.2) is 0 Å². The minimum atomic E-state index is -1.06. The lowest BCUT2D eigenvalue weighted by atomic mass is 10.1. The number of anilines is 2. The molecule has 0 bridgehead atoms. The van der Waals surface area contributed by atoms with E-state index in [0.29, 0.717) is 11.3 Å². The third kappa shape index (κ3) is 6.68. The van der Waals surface area contributed by atoms with Gasteiger partial charge in [-0.25, -0.2) is 0 Å². The zero-order valence-corrected chi connectivity index (χ0v) is 10.9. The molecule has 0 spiro atoms. The SMILES string of the molecule is CC(=O)CC(=O)O.CCNc1cccc(N)c1C#N. The Morgan fingerprint density at radius 2 is 2.11 bits per heavy atom. The van der Waals surface area contributed by atoms with Crippen molar-refractivity contribution in [1.29, 1.82) is 5.26 Å². The molecule has 0 saturated heterocycles. The minimum Gasteiger partial charge on any atom is -0.481 e. The maximum Gasteiger partial charge on any atom is 0.310 e. The molecular formula is C13H17N3O3. The largest absolute Gasteiger partial charge is 0.481 e. The first-order valence-corrected chi connectivity index (χ1v) is 5.66. The average Bonchev–Trinajstić information content (AvgIpc) is 2.28. The second kappa shape index (κ2) is 8.53.